The van der Waals surface area contributed by atoms with Gasteiger partial charge in [0.25, 0.3) is 0 Å². The third kappa shape index (κ3) is 54.7. The number of hydrogen-bond donors (Lipinski definition) is 2. The van der Waals surface area contributed by atoms with Crippen molar-refractivity contribution in [1.29, 1.82) is 0 Å². The minimum atomic E-state index is -0.753. The molecule has 0 aromatic rings. The number of aliphatic hydroxyl groups is 2. The van der Waals surface area contributed by atoms with E-state index in [0.717, 1.165) is 128 Å². The van der Waals surface area contributed by atoms with Crippen LogP contribution >= 0.6 is 0 Å². The largest absolute Gasteiger partial charge is 1.00 e. The number of ether oxygens (including phenoxy) is 6. The summed E-state index contributed by atoms with van der Waals surface area (Å²) < 4.78 is 32.6. The average Bonchev–Trinajstić information content (AvgIpc) is 3.34. The highest BCUT2D eigenvalue weighted by Gasteiger charge is 2.29. The van der Waals surface area contributed by atoms with Crippen LogP contribution in [0.15, 0.2) is 24.8 Å². The second-order valence-electron chi connectivity index (χ2n) is 21.8. The van der Waals surface area contributed by atoms with Gasteiger partial charge >= 0.3 is 35.8 Å². The maximum atomic E-state index is 12.7. The highest BCUT2D eigenvalue weighted by molar-refractivity contribution is 5.71. The molecule has 0 spiro atoms. The Balaban J connectivity index is -0.000000883. The van der Waals surface area contributed by atoms with Crippen molar-refractivity contribution in [3.05, 3.63) is 24.8 Å². The second-order valence-corrected chi connectivity index (χ2v) is 21.8. The molecule has 0 aliphatic heterocycles. The summed E-state index contributed by atoms with van der Waals surface area (Å²) in [5, 5.41) is 21.0. The number of aliphatic hydroxyl groups excluding tert-OH is 2. The molecule has 0 aliphatic carbocycles. The number of carbonyl (C=O) groups excluding carboxylic acids is 6. The van der Waals surface area contributed by atoms with Crippen LogP contribution in [0.25, 0.3) is 0 Å². The van der Waals surface area contributed by atoms with Crippen molar-refractivity contribution in [3.63, 3.8) is 0 Å². The van der Waals surface area contributed by atoms with Crippen LogP contribution in [0.2, 0.25) is 0 Å². The van der Waals surface area contributed by atoms with Crippen molar-refractivity contribution in [2.24, 2.45) is 0 Å². The van der Waals surface area contributed by atoms with Crippen molar-refractivity contribution < 1.29 is 101 Å². The van der Waals surface area contributed by atoms with Gasteiger partial charge in [0.1, 0.15) is 38.5 Å². The van der Waals surface area contributed by atoms with E-state index in [4.69, 9.17) is 28.4 Å². The Labute approximate surface area is 485 Å². The van der Waals surface area contributed by atoms with Crippen LogP contribution in [-0.4, -0.2) is 160 Å². The number of halogens is 2. The molecule has 4 atom stereocenters. The zero-order valence-electron chi connectivity index (χ0n) is 50.4. The number of quaternary nitrogens is 2. The Morgan fingerprint density at radius 2 is 0.808 bits per heavy atom. The molecule has 0 rings (SSSR count). The van der Waals surface area contributed by atoms with Gasteiger partial charge in [0.05, 0.1) is 53.6 Å². The van der Waals surface area contributed by atoms with Crippen molar-refractivity contribution in [3.8, 4) is 0 Å². The molecule has 4 unspecified atom stereocenters. The lowest BCUT2D eigenvalue weighted by atomic mass is 10.0. The number of nitrogens with zero attached hydrogens (tertiary/aromatic N) is 2. The fourth-order valence-electron chi connectivity index (χ4n) is 8.18. The van der Waals surface area contributed by atoms with Crippen LogP contribution in [-0.2, 0) is 57.2 Å². The molecule has 0 heterocycles. The summed E-state index contributed by atoms with van der Waals surface area (Å²) >= 11 is 0. The molecular formula is C60H112Cl2N2O14. The maximum absolute atomic E-state index is 12.7. The number of carbonyl (C=O) groups is 6. The number of allylic oxidation sites excluding steroid dienone is 1. The van der Waals surface area contributed by atoms with Crippen LogP contribution < -0.4 is 24.8 Å². The van der Waals surface area contributed by atoms with Crippen LogP contribution in [0.4, 0.5) is 0 Å². The van der Waals surface area contributed by atoms with Crippen molar-refractivity contribution >= 4 is 35.8 Å². The first-order valence-corrected chi connectivity index (χ1v) is 29.4. The first-order valence-electron chi connectivity index (χ1n) is 29.4. The number of unbranched alkanes of at least 4 members (excludes halogenated alkanes) is 18. The fraction of sp³-hybridized carbons (Fsp3) is 0.833. The van der Waals surface area contributed by atoms with Gasteiger partial charge in [-0.3, -0.25) is 19.2 Å². The number of likely N-dealkylation sites (N-methyl/N-ethyl adjacent to an activating group) is 2. The van der Waals surface area contributed by atoms with Crippen molar-refractivity contribution in [2.75, 3.05) is 80.8 Å². The number of rotatable bonds is 49. The quantitative estimate of drug-likeness (QED) is 0.0271. The van der Waals surface area contributed by atoms with Gasteiger partial charge < -0.3 is 72.4 Å². The predicted molar refractivity (Wildman–Crippen MR) is 301 cm³/mol. The Kier molecular flexibility index (Phi) is 56.5. The SMILES string of the molecule is C=CCC(O)C(CCCCC)OC(=O)C[N+](C)(C)CCOC(C)=O.CCCCCCCC(=O)OCCCCCCCCOC(=O)CCCCCCCC=CCC(O)C(CCCCC)OC(=O)C[N+](C)(C)CCOC(C)=O.[Cl-].[Cl-]. The van der Waals surface area contributed by atoms with Crippen LogP contribution in [0.1, 0.15) is 221 Å². The van der Waals surface area contributed by atoms with Gasteiger partial charge in [-0.25, -0.2) is 9.59 Å². The van der Waals surface area contributed by atoms with Gasteiger partial charge in [-0.15, -0.1) is 6.58 Å². The lowest BCUT2D eigenvalue weighted by Gasteiger charge is -2.30. The fourth-order valence-corrected chi connectivity index (χ4v) is 8.18. The van der Waals surface area contributed by atoms with Gasteiger partial charge in [-0.05, 0) is 77.0 Å². The summed E-state index contributed by atoms with van der Waals surface area (Å²) in [7, 11) is 7.52. The van der Waals surface area contributed by atoms with Gasteiger partial charge in [0.15, 0.2) is 13.1 Å². The van der Waals surface area contributed by atoms with E-state index in [1.807, 2.05) is 34.3 Å². The first kappa shape index (κ1) is 81.2. The second kappa shape index (κ2) is 54.3. The highest BCUT2D eigenvalue weighted by Crippen LogP contribution is 2.18. The minimum Gasteiger partial charge on any atom is -1.00 e. The van der Waals surface area contributed by atoms with Crippen molar-refractivity contribution in [1.82, 2.24) is 0 Å². The molecular weight excluding hydrogens is 1040 g/mol. The lowest BCUT2D eigenvalue weighted by Crippen LogP contribution is -3.00. The smallest absolute Gasteiger partial charge is 0.362 e. The molecule has 0 saturated heterocycles. The molecule has 460 valence electrons. The van der Waals surface area contributed by atoms with Gasteiger partial charge in [-0.1, -0.05) is 135 Å². The summed E-state index contributed by atoms with van der Waals surface area (Å²) in [6.45, 7) is 15.6. The Hall–Kier alpha value is -3.28. The first-order chi connectivity index (χ1) is 36.2. The summed E-state index contributed by atoms with van der Waals surface area (Å²) in [5.41, 5.74) is 0. The summed E-state index contributed by atoms with van der Waals surface area (Å²) in [6, 6.07) is 0. The van der Waals surface area contributed by atoms with Crippen LogP contribution in [0.3, 0.4) is 0 Å². The molecule has 78 heavy (non-hydrogen) atoms. The van der Waals surface area contributed by atoms with E-state index in [2.05, 4.69) is 33.4 Å². The molecule has 0 aliphatic rings. The maximum Gasteiger partial charge on any atom is 0.362 e. The molecule has 2 N–H and O–H groups in total. The number of hydrogen-bond acceptors (Lipinski definition) is 14. The summed E-state index contributed by atoms with van der Waals surface area (Å²) in [4.78, 5) is 70.6. The average molecular weight is 1160 g/mol. The van der Waals surface area contributed by atoms with E-state index < -0.39 is 24.4 Å². The summed E-state index contributed by atoms with van der Waals surface area (Å²) in [6.07, 6.45) is 30.1. The molecule has 0 aromatic heterocycles. The monoisotopic (exact) mass is 1150 g/mol. The Bertz CT molecular complexity index is 1550. The van der Waals surface area contributed by atoms with Crippen LogP contribution in [0, 0.1) is 0 Å². The van der Waals surface area contributed by atoms with E-state index in [1.54, 1.807) is 6.08 Å². The molecule has 0 amide bonds. The van der Waals surface area contributed by atoms with Gasteiger partial charge in [0, 0.05) is 26.7 Å². The van der Waals surface area contributed by atoms with Crippen LogP contribution in [0.5, 0.6) is 0 Å². The third-order valence-corrected chi connectivity index (χ3v) is 13.0. The van der Waals surface area contributed by atoms with Crippen molar-refractivity contribution in [2.45, 2.75) is 245 Å². The van der Waals surface area contributed by atoms with E-state index >= 15 is 0 Å². The molecule has 0 fully saturated rings. The normalized spacial score (nSPS) is 12.8. The van der Waals surface area contributed by atoms with Gasteiger partial charge in [0.2, 0.25) is 0 Å². The van der Waals surface area contributed by atoms with E-state index in [0.29, 0.717) is 73.8 Å². The molecule has 16 nitrogen and oxygen atoms in total. The third-order valence-electron chi connectivity index (χ3n) is 13.0. The molecule has 0 radical (unpaired) electrons. The van der Waals surface area contributed by atoms with E-state index in [1.165, 1.54) is 33.1 Å². The Morgan fingerprint density at radius 1 is 0.449 bits per heavy atom. The van der Waals surface area contributed by atoms with E-state index in [9.17, 15) is 39.0 Å². The topological polar surface area (TPSA) is 198 Å². The number of esters is 6. The molecule has 0 bridgehead atoms. The standard InChI is InChI=1S/C42H78NO9.C18H34NO5.2ClH/c1-6-8-10-17-24-30-40(46)50-33-26-20-15-16-21-27-34-51-41(47)31-25-19-14-12-11-13-18-23-28-38(45)39(29-22-9-7-2)52-42(48)36-43(4,5)32-35-49-37(3)44;1-6-8-9-11-17(16(21)10-7-2)24-18(22)14-19(4,5)12-13-23-15(3)20;;/h18,23,38-39,45H,6-17,19-22,24-36H2,1-5H3;7,16-17,21H,2,6,8-14H2,1,3-5H3;2*1H/q2*+1;;/p-2. The molecule has 0 aromatic carbocycles. The lowest BCUT2D eigenvalue weighted by molar-refractivity contribution is -0.883. The highest BCUT2D eigenvalue weighted by atomic mass is 35.5. The summed E-state index contributed by atoms with van der Waals surface area (Å²) in [5.74, 6) is -1.55. The Morgan fingerprint density at radius 3 is 1.21 bits per heavy atom. The molecule has 0 saturated carbocycles. The minimum absolute atomic E-state index is 0. The predicted octanol–water partition coefficient (Wildman–Crippen LogP) is 5.01. The zero-order chi connectivity index (χ0) is 57.3. The van der Waals surface area contributed by atoms with E-state index in [-0.39, 0.29) is 86.9 Å². The molecule has 18 heteroatoms. The zero-order valence-corrected chi connectivity index (χ0v) is 51.9. The van der Waals surface area contributed by atoms with Gasteiger partial charge in [-0.2, -0.15) is 0 Å².